The van der Waals surface area contributed by atoms with Crippen molar-refractivity contribution in [2.45, 2.75) is 31.9 Å². The number of amides is 1. The van der Waals surface area contributed by atoms with E-state index < -0.39 is 35.0 Å². The quantitative estimate of drug-likeness (QED) is 0.660. The van der Waals surface area contributed by atoms with E-state index in [1.807, 2.05) is 0 Å². The number of nitrogens with two attached hydrogens (primary N) is 1. The van der Waals surface area contributed by atoms with Gasteiger partial charge in [0.2, 0.25) is 0 Å². The molecule has 0 bridgehead atoms. The molecule has 1 aliphatic rings. The molecule has 2 aromatic rings. The van der Waals surface area contributed by atoms with E-state index in [-0.39, 0.29) is 17.0 Å². The van der Waals surface area contributed by atoms with E-state index >= 15 is 0 Å². The van der Waals surface area contributed by atoms with Gasteiger partial charge in [-0.05, 0) is 61.1 Å². The maximum atomic E-state index is 14.1. The van der Waals surface area contributed by atoms with Crippen molar-refractivity contribution in [3.05, 3.63) is 76.1 Å². The number of alkyl halides is 3. The number of carboxylic acid groups (broad SMARTS) is 1. The third-order valence-electron chi connectivity index (χ3n) is 4.98. The van der Waals surface area contributed by atoms with Gasteiger partial charge >= 0.3 is 12.1 Å². The number of benzene rings is 2. The summed E-state index contributed by atoms with van der Waals surface area (Å²) in [7, 11) is 0. The number of hydrogen-bond acceptors (Lipinski definition) is 3. The Morgan fingerprint density at radius 2 is 1.58 bits per heavy atom. The summed E-state index contributed by atoms with van der Waals surface area (Å²) in [6.45, 7) is 0. The van der Waals surface area contributed by atoms with Crippen LogP contribution in [0.2, 0.25) is 0 Å². The zero-order valence-corrected chi connectivity index (χ0v) is 16.2. The summed E-state index contributed by atoms with van der Waals surface area (Å²) in [6, 6.07) is 8.02. The molecule has 162 valence electrons. The van der Waals surface area contributed by atoms with Crippen LogP contribution in [0.5, 0.6) is 0 Å². The highest BCUT2D eigenvalue weighted by atomic mass is 19.4. The summed E-state index contributed by atoms with van der Waals surface area (Å²) in [4.78, 5) is 27.4. The Hall–Kier alpha value is -3.49. The molecule has 1 fully saturated rings. The second-order valence-electron chi connectivity index (χ2n) is 7.01. The van der Waals surface area contributed by atoms with Gasteiger partial charge in [-0.2, -0.15) is 13.2 Å². The highest BCUT2D eigenvalue weighted by Gasteiger charge is 2.37. The maximum absolute atomic E-state index is 14.1. The summed E-state index contributed by atoms with van der Waals surface area (Å²) >= 11 is 0. The molecule has 0 aliphatic heterocycles. The summed E-state index contributed by atoms with van der Waals surface area (Å²) in [6.07, 6.45) is -2.82. The number of hydrogen-bond donors (Lipinski definition) is 2. The van der Waals surface area contributed by atoms with Gasteiger partial charge < -0.3 is 10.8 Å². The maximum Gasteiger partial charge on any atom is 0.417 e. The number of carbonyl (C=O) groups excluding carboxylic acids is 1. The molecule has 0 spiro atoms. The average Bonchev–Trinajstić information content (AvgIpc) is 2.72. The fourth-order valence-corrected chi connectivity index (χ4v) is 3.43. The molecular formula is C22H18F4N2O3. The number of allylic oxidation sites excluding steroid dienone is 1. The topological polar surface area (TPSA) is 92.8 Å². The largest absolute Gasteiger partial charge is 0.478 e. The van der Waals surface area contributed by atoms with Crippen LogP contribution >= 0.6 is 0 Å². The van der Waals surface area contributed by atoms with Crippen LogP contribution in [0.4, 0.5) is 17.6 Å². The summed E-state index contributed by atoms with van der Waals surface area (Å²) < 4.78 is 53.9. The molecule has 3 rings (SSSR count). The molecule has 0 heterocycles. The summed E-state index contributed by atoms with van der Waals surface area (Å²) in [5, 5.41) is 9.00. The van der Waals surface area contributed by atoms with Crippen molar-refractivity contribution in [1.29, 1.82) is 0 Å². The lowest BCUT2D eigenvalue weighted by Crippen LogP contribution is -2.19. The zero-order valence-electron chi connectivity index (χ0n) is 16.2. The van der Waals surface area contributed by atoms with E-state index in [4.69, 9.17) is 10.8 Å². The van der Waals surface area contributed by atoms with E-state index in [1.165, 1.54) is 24.3 Å². The number of rotatable bonds is 3. The number of nitrogens with zero attached hydrogens (tertiary/aromatic N) is 1. The van der Waals surface area contributed by atoms with Crippen LogP contribution in [0.1, 0.15) is 57.5 Å². The monoisotopic (exact) mass is 434 g/mol. The highest BCUT2D eigenvalue weighted by molar-refractivity contribution is 6.14. The van der Waals surface area contributed by atoms with E-state index in [0.717, 1.165) is 18.6 Å². The van der Waals surface area contributed by atoms with Crippen molar-refractivity contribution >= 4 is 23.3 Å². The molecule has 0 radical (unpaired) electrons. The van der Waals surface area contributed by atoms with E-state index in [1.54, 1.807) is 0 Å². The minimum Gasteiger partial charge on any atom is -0.478 e. The highest BCUT2D eigenvalue weighted by Crippen LogP contribution is 2.34. The fourth-order valence-electron chi connectivity index (χ4n) is 3.43. The first-order valence-electron chi connectivity index (χ1n) is 9.40. The molecule has 0 saturated heterocycles. The Morgan fingerprint density at radius 1 is 0.968 bits per heavy atom. The number of aromatic carboxylic acids is 1. The Labute approximate surface area is 174 Å². The fraction of sp³-hybridized carbons (Fsp3) is 0.227. The second kappa shape index (κ2) is 8.71. The zero-order chi connectivity index (χ0) is 22.8. The third-order valence-corrected chi connectivity index (χ3v) is 4.98. The number of carbonyl (C=O) groups is 2. The lowest BCUT2D eigenvalue weighted by atomic mass is 9.89. The smallest absolute Gasteiger partial charge is 0.417 e. The molecule has 2 aromatic carbocycles. The Kier molecular flexibility index (Phi) is 6.24. The Morgan fingerprint density at radius 3 is 2.19 bits per heavy atom. The molecular weight excluding hydrogens is 416 g/mol. The van der Waals surface area contributed by atoms with Crippen LogP contribution in [0.3, 0.4) is 0 Å². The SMILES string of the molecule is N/C(=C1/CCCCC1=NC(=O)c1c(F)cccc1C(F)(F)F)c1ccc(C(=O)O)cc1. The molecule has 31 heavy (non-hydrogen) atoms. The lowest BCUT2D eigenvalue weighted by molar-refractivity contribution is -0.138. The molecule has 0 unspecified atom stereocenters. The Bertz CT molecular complexity index is 1090. The van der Waals surface area contributed by atoms with Crippen LogP contribution in [-0.4, -0.2) is 22.7 Å². The Balaban J connectivity index is 2.04. The van der Waals surface area contributed by atoms with Crippen molar-refractivity contribution < 1.29 is 32.3 Å². The van der Waals surface area contributed by atoms with Gasteiger partial charge in [-0.1, -0.05) is 18.2 Å². The predicted molar refractivity (Wildman–Crippen MR) is 106 cm³/mol. The summed E-state index contributed by atoms with van der Waals surface area (Å²) in [5.74, 6) is -3.73. The molecule has 3 N–H and O–H groups in total. The van der Waals surface area contributed by atoms with E-state index in [2.05, 4.69) is 4.99 Å². The van der Waals surface area contributed by atoms with Crippen LogP contribution in [-0.2, 0) is 6.18 Å². The minimum absolute atomic E-state index is 0.0634. The van der Waals surface area contributed by atoms with Crippen molar-refractivity contribution in [2.75, 3.05) is 0 Å². The van der Waals surface area contributed by atoms with Gasteiger partial charge in [0.25, 0.3) is 5.91 Å². The molecule has 0 atom stereocenters. The van der Waals surface area contributed by atoms with Crippen LogP contribution in [0.15, 0.2) is 53.0 Å². The van der Waals surface area contributed by atoms with Gasteiger partial charge in [-0.15, -0.1) is 0 Å². The first-order chi connectivity index (χ1) is 14.6. The van der Waals surface area contributed by atoms with Gasteiger partial charge in [0, 0.05) is 11.4 Å². The van der Waals surface area contributed by atoms with Crippen LogP contribution in [0, 0.1) is 5.82 Å². The normalized spacial score (nSPS) is 17.5. The molecule has 1 aliphatic carbocycles. The molecule has 1 saturated carbocycles. The molecule has 1 amide bonds. The molecule has 5 nitrogen and oxygen atoms in total. The van der Waals surface area contributed by atoms with Crippen LogP contribution < -0.4 is 5.73 Å². The lowest BCUT2D eigenvalue weighted by Gasteiger charge is -2.20. The standard InChI is InChI=1S/C22H18F4N2O3/c23-16-6-3-5-15(22(24,25)26)18(16)20(29)28-17-7-2-1-4-14(17)19(27)12-8-10-13(11-9-12)21(30)31/h3,5-6,8-11H,1-2,4,7,27H2,(H,30,31)/b19-14-,28-17?. The number of aliphatic imine (C=N–C) groups is 1. The number of carboxylic acids is 1. The minimum atomic E-state index is -4.91. The van der Waals surface area contributed by atoms with Gasteiger partial charge in [0.05, 0.1) is 16.7 Å². The van der Waals surface area contributed by atoms with E-state index in [0.29, 0.717) is 36.5 Å². The van der Waals surface area contributed by atoms with Crippen molar-refractivity contribution in [1.82, 2.24) is 0 Å². The molecule has 9 heteroatoms. The average molecular weight is 434 g/mol. The van der Waals surface area contributed by atoms with Crippen molar-refractivity contribution in [3.63, 3.8) is 0 Å². The van der Waals surface area contributed by atoms with Crippen molar-refractivity contribution in [3.8, 4) is 0 Å². The first kappa shape index (κ1) is 22.2. The van der Waals surface area contributed by atoms with Gasteiger partial charge in [-0.25, -0.2) is 14.2 Å². The van der Waals surface area contributed by atoms with Gasteiger partial charge in [0.1, 0.15) is 5.82 Å². The summed E-state index contributed by atoms with van der Waals surface area (Å²) in [5.41, 5.74) is 5.18. The molecule has 0 aromatic heterocycles. The van der Waals surface area contributed by atoms with E-state index in [9.17, 15) is 27.2 Å². The number of halogens is 4. The van der Waals surface area contributed by atoms with Gasteiger partial charge in [0.15, 0.2) is 0 Å². The van der Waals surface area contributed by atoms with Crippen molar-refractivity contribution in [2.24, 2.45) is 10.7 Å². The second-order valence-corrected chi connectivity index (χ2v) is 7.01. The third kappa shape index (κ3) is 4.82. The first-order valence-corrected chi connectivity index (χ1v) is 9.40. The predicted octanol–water partition coefficient (Wildman–Crippen LogP) is 5.07. The van der Waals surface area contributed by atoms with Crippen LogP contribution in [0.25, 0.3) is 5.70 Å². The van der Waals surface area contributed by atoms with Gasteiger partial charge in [-0.3, -0.25) is 4.79 Å².